The number of esters is 1. The zero-order chi connectivity index (χ0) is 24.3. The summed E-state index contributed by atoms with van der Waals surface area (Å²) in [4.78, 5) is 24.7. The Bertz CT molecular complexity index is 949. The van der Waals surface area contributed by atoms with Crippen LogP contribution in [0.4, 0.5) is 44.5 Å². The first-order valence-corrected chi connectivity index (χ1v) is 9.90. The maximum absolute atomic E-state index is 14.4. The third-order valence-corrected chi connectivity index (χ3v) is 6.21. The van der Waals surface area contributed by atoms with Crippen molar-refractivity contribution in [3.63, 3.8) is 0 Å². The van der Waals surface area contributed by atoms with E-state index in [0.717, 1.165) is 0 Å². The summed E-state index contributed by atoms with van der Waals surface area (Å²) >= 11 is 0.588. The summed E-state index contributed by atoms with van der Waals surface area (Å²) < 4.78 is 131. The third kappa shape index (κ3) is 3.18. The number of anilines is 1. The van der Waals surface area contributed by atoms with Gasteiger partial charge in [0.25, 0.3) is 0 Å². The van der Waals surface area contributed by atoms with Gasteiger partial charge in [0.1, 0.15) is 5.00 Å². The van der Waals surface area contributed by atoms with Gasteiger partial charge in [-0.25, -0.2) is 4.79 Å². The number of nitrogens with one attached hydrogen (secondary N) is 1. The van der Waals surface area contributed by atoms with Crippen molar-refractivity contribution >= 4 is 28.2 Å². The molecule has 2 aliphatic rings. The molecule has 1 amide bonds. The standard InChI is InChI=1S/C17H14F9NO4S/c1-2-30-11(28)9-7-5-3-4-6-8(7)32-10(9)27-12(29)13(18,19)16(24)14(20,21)15(22,23)17(25,26)31-16/h2-6H2,1H3,(H,27,29)/t16-/m1/s1. The molecule has 32 heavy (non-hydrogen) atoms. The minimum Gasteiger partial charge on any atom is -0.462 e. The molecule has 1 aliphatic heterocycles. The fraction of sp³-hybridized carbons (Fsp3) is 0.647. The number of thiophene rings is 1. The molecule has 3 rings (SSSR count). The summed E-state index contributed by atoms with van der Waals surface area (Å²) in [6.45, 7) is 1.25. The zero-order valence-corrected chi connectivity index (χ0v) is 16.8. The number of carbonyl (C=O) groups excluding carboxylic acids is 2. The molecule has 5 nitrogen and oxygen atoms in total. The lowest BCUT2D eigenvalue weighted by Gasteiger charge is -2.31. The summed E-state index contributed by atoms with van der Waals surface area (Å²) in [6, 6.07) is 0. The second-order valence-corrected chi connectivity index (χ2v) is 8.13. The minimum absolute atomic E-state index is 0.162. The van der Waals surface area contributed by atoms with Crippen LogP contribution in [0.3, 0.4) is 0 Å². The molecule has 1 fully saturated rings. The number of carbonyl (C=O) groups is 2. The Morgan fingerprint density at radius 3 is 2.19 bits per heavy atom. The van der Waals surface area contributed by atoms with E-state index >= 15 is 0 Å². The van der Waals surface area contributed by atoms with E-state index in [0.29, 0.717) is 41.0 Å². The molecule has 1 atom stereocenters. The zero-order valence-electron chi connectivity index (χ0n) is 16.0. The summed E-state index contributed by atoms with van der Waals surface area (Å²) in [6.07, 6.45) is -4.48. The first-order chi connectivity index (χ1) is 14.5. The number of fused-ring (bicyclic) bond motifs is 1. The number of rotatable bonds is 5. The van der Waals surface area contributed by atoms with Gasteiger partial charge < -0.3 is 10.1 Å². The van der Waals surface area contributed by atoms with E-state index in [1.54, 1.807) is 0 Å². The van der Waals surface area contributed by atoms with Crippen LogP contribution in [0, 0.1) is 0 Å². The van der Waals surface area contributed by atoms with Gasteiger partial charge in [0.05, 0.1) is 12.2 Å². The molecule has 180 valence electrons. The molecular weight excluding hydrogens is 485 g/mol. The average Bonchev–Trinajstić information content (AvgIpc) is 3.08. The van der Waals surface area contributed by atoms with Crippen LogP contribution in [0.5, 0.6) is 0 Å². The summed E-state index contributed by atoms with van der Waals surface area (Å²) in [5.74, 6) is -30.1. The maximum Gasteiger partial charge on any atom is 0.428 e. The Kier molecular flexibility index (Phi) is 5.77. The summed E-state index contributed by atoms with van der Waals surface area (Å²) in [5.41, 5.74) is -0.0628. The first-order valence-electron chi connectivity index (χ1n) is 9.08. The van der Waals surface area contributed by atoms with E-state index in [1.165, 1.54) is 12.2 Å². The Labute approximate surface area is 177 Å². The van der Waals surface area contributed by atoms with Crippen LogP contribution in [0.25, 0.3) is 0 Å². The van der Waals surface area contributed by atoms with Gasteiger partial charge in [-0.15, -0.1) is 11.3 Å². The van der Waals surface area contributed by atoms with E-state index in [9.17, 15) is 49.1 Å². The van der Waals surface area contributed by atoms with Gasteiger partial charge >= 0.3 is 41.6 Å². The molecule has 0 unspecified atom stereocenters. The van der Waals surface area contributed by atoms with Crippen LogP contribution in [-0.2, 0) is 27.1 Å². The van der Waals surface area contributed by atoms with Crippen molar-refractivity contribution in [3.8, 4) is 0 Å². The molecular formula is C17H14F9NO4S. The molecule has 1 aliphatic carbocycles. The highest BCUT2D eigenvalue weighted by Gasteiger charge is 2.96. The summed E-state index contributed by atoms with van der Waals surface area (Å²) in [7, 11) is 0. The average molecular weight is 499 g/mol. The van der Waals surface area contributed by atoms with E-state index in [4.69, 9.17) is 4.74 Å². The second-order valence-electron chi connectivity index (χ2n) is 7.03. The van der Waals surface area contributed by atoms with Gasteiger partial charge in [0.2, 0.25) is 0 Å². The van der Waals surface area contributed by atoms with Crippen LogP contribution >= 0.6 is 11.3 Å². The van der Waals surface area contributed by atoms with Crippen molar-refractivity contribution < 1.29 is 58.6 Å². The van der Waals surface area contributed by atoms with Crippen molar-refractivity contribution in [2.24, 2.45) is 0 Å². The van der Waals surface area contributed by atoms with Crippen LogP contribution in [0.15, 0.2) is 0 Å². The van der Waals surface area contributed by atoms with Gasteiger partial charge in [-0.3, -0.25) is 9.53 Å². The van der Waals surface area contributed by atoms with E-state index in [1.807, 2.05) is 0 Å². The quantitative estimate of drug-likeness (QED) is 0.461. The fourth-order valence-electron chi connectivity index (χ4n) is 3.35. The minimum atomic E-state index is -6.79. The highest BCUT2D eigenvalue weighted by atomic mass is 32.1. The normalized spacial score (nSPS) is 25.8. The van der Waals surface area contributed by atoms with Gasteiger partial charge in [0.15, 0.2) is 0 Å². The summed E-state index contributed by atoms with van der Waals surface area (Å²) in [5, 5.41) is 0.678. The van der Waals surface area contributed by atoms with Crippen molar-refractivity contribution in [2.75, 3.05) is 11.9 Å². The number of halogens is 9. The molecule has 1 aromatic rings. The first kappa shape index (κ1) is 24.6. The van der Waals surface area contributed by atoms with Crippen LogP contribution < -0.4 is 5.32 Å². The van der Waals surface area contributed by atoms with E-state index in [-0.39, 0.29) is 13.0 Å². The third-order valence-electron chi connectivity index (χ3n) is 5.00. The topological polar surface area (TPSA) is 64.6 Å². The van der Waals surface area contributed by atoms with E-state index < -0.39 is 52.2 Å². The SMILES string of the molecule is CCOC(=O)c1c(NC(=O)C(F)(F)[C@@]2(F)OC(F)(F)C(F)(F)C2(F)F)sc2c1CCCC2. The highest BCUT2D eigenvalue weighted by Crippen LogP contribution is 2.64. The molecule has 1 saturated heterocycles. The smallest absolute Gasteiger partial charge is 0.428 e. The van der Waals surface area contributed by atoms with Gasteiger partial charge in [-0.1, -0.05) is 0 Å². The van der Waals surface area contributed by atoms with Gasteiger partial charge in [-0.2, -0.15) is 39.5 Å². The lowest BCUT2D eigenvalue weighted by atomic mass is 9.95. The molecule has 0 spiro atoms. The lowest BCUT2D eigenvalue weighted by Crippen LogP contribution is -2.63. The Balaban J connectivity index is 2.00. The molecule has 0 bridgehead atoms. The van der Waals surface area contributed by atoms with Crippen LogP contribution in [0.1, 0.15) is 40.6 Å². The van der Waals surface area contributed by atoms with Crippen LogP contribution in [0.2, 0.25) is 0 Å². The molecule has 1 aromatic heterocycles. The van der Waals surface area contributed by atoms with E-state index in [2.05, 4.69) is 4.74 Å². The van der Waals surface area contributed by atoms with Gasteiger partial charge in [0, 0.05) is 4.88 Å². The molecule has 1 N–H and O–H groups in total. The molecule has 0 radical (unpaired) electrons. The number of amides is 1. The molecule has 15 heteroatoms. The fourth-order valence-corrected chi connectivity index (χ4v) is 4.62. The lowest BCUT2D eigenvalue weighted by molar-refractivity contribution is -0.366. The highest BCUT2D eigenvalue weighted by molar-refractivity contribution is 7.17. The number of aryl methyl sites for hydroxylation is 1. The van der Waals surface area contributed by atoms with Crippen molar-refractivity contribution in [2.45, 2.75) is 62.3 Å². The second kappa shape index (κ2) is 7.50. The Morgan fingerprint density at radius 2 is 1.66 bits per heavy atom. The number of alkyl halides is 9. The largest absolute Gasteiger partial charge is 0.462 e. The van der Waals surface area contributed by atoms with Crippen molar-refractivity contribution in [1.29, 1.82) is 0 Å². The molecule has 0 aromatic carbocycles. The van der Waals surface area contributed by atoms with Crippen LogP contribution in [-0.4, -0.2) is 48.2 Å². The Hall–Kier alpha value is -2.03. The number of ether oxygens (including phenoxy) is 2. The monoisotopic (exact) mass is 499 g/mol. The molecule has 2 heterocycles. The predicted octanol–water partition coefficient (Wildman–Crippen LogP) is 4.94. The van der Waals surface area contributed by atoms with Gasteiger partial charge in [-0.05, 0) is 38.2 Å². The number of hydrogen-bond acceptors (Lipinski definition) is 5. The predicted molar refractivity (Wildman–Crippen MR) is 90.3 cm³/mol. The van der Waals surface area contributed by atoms with Crippen molar-refractivity contribution in [3.05, 3.63) is 16.0 Å². The maximum atomic E-state index is 14.4. The molecule has 0 saturated carbocycles. The Morgan fingerprint density at radius 1 is 1.06 bits per heavy atom. The van der Waals surface area contributed by atoms with Crippen molar-refractivity contribution in [1.82, 2.24) is 0 Å². The number of hydrogen-bond donors (Lipinski definition) is 1.